The van der Waals surface area contributed by atoms with Gasteiger partial charge in [-0.3, -0.25) is 10.1 Å². The third-order valence-corrected chi connectivity index (χ3v) is 5.79. The zero-order valence-electron chi connectivity index (χ0n) is 13.6. The predicted molar refractivity (Wildman–Crippen MR) is 93.2 cm³/mol. The van der Waals surface area contributed by atoms with Crippen molar-refractivity contribution in [2.45, 2.75) is 42.9 Å². The fraction of sp³-hybridized carbons (Fsp3) is 0.333. The molecule has 1 fully saturated rings. The summed E-state index contributed by atoms with van der Waals surface area (Å²) in [6.45, 7) is 0. The van der Waals surface area contributed by atoms with Crippen LogP contribution in [0.1, 0.15) is 43.6 Å². The zero-order chi connectivity index (χ0) is 17.9. The van der Waals surface area contributed by atoms with Gasteiger partial charge in [0, 0.05) is 6.07 Å². The third-order valence-electron chi connectivity index (χ3n) is 4.49. The summed E-state index contributed by atoms with van der Waals surface area (Å²) in [4.78, 5) is 9.84. The van der Waals surface area contributed by atoms with Gasteiger partial charge in [0.15, 0.2) is 4.90 Å². The second kappa shape index (κ2) is 7.23. The van der Waals surface area contributed by atoms with E-state index in [-0.39, 0.29) is 5.75 Å². The third kappa shape index (κ3) is 3.99. The van der Waals surface area contributed by atoms with Crippen molar-refractivity contribution in [3.8, 4) is 5.75 Å². The van der Waals surface area contributed by atoms with E-state index in [1.807, 2.05) is 12.1 Å². The van der Waals surface area contributed by atoms with Crippen molar-refractivity contribution in [1.29, 1.82) is 0 Å². The SMILES string of the molecule is O=[N+]([O-])c1ccccc1S(=O)(=O)Oc1ccc(C2CCCCC2)cc1. The quantitative estimate of drug-likeness (QED) is 0.447. The normalized spacial score (nSPS) is 15.7. The van der Waals surface area contributed by atoms with Crippen LogP contribution in [0.25, 0.3) is 0 Å². The Labute approximate surface area is 146 Å². The number of nitrogens with zero attached hydrogens (tertiary/aromatic N) is 1. The molecule has 1 saturated carbocycles. The summed E-state index contributed by atoms with van der Waals surface area (Å²) >= 11 is 0. The van der Waals surface area contributed by atoms with Crippen molar-refractivity contribution in [1.82, 2.24) is 0 Å². The van der Waals surface area contributed by atoms with Crippen LogP contribution in [0.15, 0.2) is 53.4 Å². The van der Waals surface area contributed by atoms with Gasteiger partial charge in [0.1, 0.15) is 5.75 Å². The van der Waals surface area contributed by atoms with E-state index in [4.69, 9.17) is 4.18 Å². The largest absolute Gasteiger partial charge is 0.379 e. The highest BCUT2D eigenvalue weighted by molar-refractivity contribution is 7.87. The van der Waals surface area contributed by atoms with Gasteiger partial charge in [-0.1, -0.05) is 43.5 Å². The van der Waals surface area contributed by atoms with Gasteiger partial charge in [0.2, 0.25) is 0 Å². The van der Waals surface area contributed by atoms with Gasteiger partial charge in [0.25, 0.3) is 5.69 Å². The van der Waals surface area contributed by atoms with Crippen molar-refractivity contribution in [3.63, 3.8) is 0 Å². The Kier molecular flexibility index (Phi) is 5.03. The molecule has 1 aliphatic carbocycles. The van der Waals surface area contributed by atoms with Gasteiger partial charge in [-0.05, 0) is 42.5 Å². The number of rotatable bonds is 5. The molecule has 7 heteroatoms. The predicted octanol–water partition coefficient (Wildman–Crippen LogP) is 4.41. The van der Waals surface area contributed by atoms with E-state index in [0.717, 1.165) is 18.9 Å². The molecule has 0 aromatic heterocycles. The second-order valence-corrected chi connectivity index (χ2v) is 7.68. The average Bonchev–Trinajstić information content (AvgIpc) is 2.63. The monoisotopic (exact) mass is 361 g/mol. The van der Waals surface area contributed by atoms with Crippen molar-refractivity contribution in [3.05, 3.63) is 64.2 Å². The topological polar surface area (TPSA) is 86.5 Å². The second-order valence-electron chi connectivity index (χ2n) is 6.17. The van der Waals surface area contributed by atoms with Gasteiger partial charge in [-0.2, -0.15) is 8.42 Å². The average molecular weight is 361 g/mol. The van der Waals surface area contributed by atoms with Crippen LogP contribution in [0.5, 0.6) is 5.75 Å². The van der Waals surface area contributed by atoms with E-state index < -0.39 is 25.6 Å². The molecule has 0 N–H and O–H groups in total. The van der Waals surface area contributed by atoms with E-state index >= 15 is 0 Å². The molecule has 132 valence electrons. The number of nitro groups is 1. The lowest BCUT2D eigenvalue weighted by Crippen LogP contribution is -2.12. The maximum atomic E-state index is 12.4. The van der Waals surface area contributed by atoms with Gasteiger partial charge < -0.3 is 4.18 Å². The Balaban J connectivity index is 1.80. The Hall–Kier alpha value is -2.41. The molecule has 0 aliphatic heterocycles. The summed E-state index contributed by atoms with van der Waals surface area (Å²) in [5.41, 5.74) is 0.677. The molecule has 0 radical (unpaired) electrons. The van der Waals surface area contributed by atoms with E-state index in [2.05, 4.69) is 0 Å². The van der Waals surface area contributed by atoms with Crippen LogP contribution < -0.4 is 4.18 Å². The summed E-state index contributed by atoms with van der Waals surface area (Å²) in [5.74, 6) is 0.660. The lowest BCUT2D eigenvalue weighted by atomic mass is 9.84. The van der Waals surface area contributed by atoms with Gasteiger partial charge in [0.05, 0.1) is 4.92 Å². The number of benzene rings is 2. The van der Waals surface area contributed by atoms with Gasteiger partial charge in [-0.25, -0.2) is 0 Å². The van der Waals surface area contributed by atoms with E-state index in [1.165, 1.54) is 43.0 Å². The number of hydrogen-bond donors (Lipinski definition) is 0. The highest BCUT2D eigenvalue weighted by atomic mass is 32.2. The highest BCUT2D eigenvalue weighted by Crippen LogP contribution is 2.34. The summed E-state index contributed by atoms with van der Waals surface area (Å²) < 4.78 is 29.9. The van der Waals surface area contributed by atoms with Crippen molar-refractivity contribution < 1.29 is 17.5 Å². The highest BCUT2D eigenvalue weighted by Gasteiger charge is 2.27. The van der Waals surface area contributed by atoms with Gasteiger partial charge in [-0.15, -0.1) is 0 Å². The van der Waals surface area contributed by atoms with E-state index in [0.29, 0.717) is 5.92 Å². The van der Waals surface area contributed by atoms with E-state index in [9.17, 15) is 18.5 Å². The molecule has 0 atom stereocenters. The fourth-order valence-corrected chi connectivity index (χ4v) is 4.32. The molecule has 2 aromatic carbocycles. The van der Waals surface area contributed by atoms with Crippen molar-refractivity contribution in [2.75, 3.05) is 0 Å². The smallest absolute Gasteiger partial charge is 0.346 e. The Morgan fingerprint density at radius 1 is 0.960 bits per heavy atom. The molecule has 0 heterocycles. The Morgan fingerprint density at radius 3 is 2.24 bits per heavy atom. The summed E-state index contributed by atoms with van der Waals surface area (Å²) in [6, 6.07) is 12.1. The Morgan fingerprint density at radius 2 is 1.60 bits per heavy atom. The first-order chi connectivity index (χ1) is 12.0. The maximum absolute atomic E-state index is 12.4. The zero-order valence-corrected chi connectivity index (χ0v) is 14.4. The lowest BCUT2D eigenvalue weighted by molar-refractivity contribution is -0.387. The van der Waals surface area contributed by atoms with Crippen LogP contribution in [-0.2, 0) is 10.1 Å². The molecule has 1 aliphatic rings. The minimum absolute atomic E-state index is 0.151. The van der Waals surface area contributed by atoms with Gasteiger partial charge >= 0.3 is 10.1 Å². The molecule has 6 nitrogen and oxygen atoms in total. The fourth-order valence-electron chi connectivity index (χ4n) is 3.22. The molecular formula is C18H19NO5S. The van der Waals surface area contributed by atoms with Crippen molar-refractivity contribution >= 4 is 15.8 Å². The van der Waals surface area contributed by atoms with E-state index in [1.54, 1.807) is 12.1 Å². The summed E-state index contributed by atoms with van der Waals surface area (Å²) in [7, 11) is -4.27. The van der Waals surface area contributed by atoms with Crippen LogP contribution in [-0.4, -0.2) is 13.3 Å². The van der Waals surface area contributed by atoms with Crippen LogP contribution in [0, 0.1) is 10.1 Å². The molecule has 25 heavy (non-hydrogen) atoms. The first-order valence-electron chi connectivity index (χ1n) is 8.25. The van der Waals surface area contributed by atoms with Crippen molar-refractivity contribution in [2.24, 2.45) is 0 Å². The number of nitro benzene ring substituents is 1. The van der Waals surface area contributed by atoms with Crippen LogP contribution in [0.2, 0.25) is 0 Å². The first-order valence-corrected chi connectivity index (χ1v) is 9.66. The molecule has 3 rings (SSSR count). The lowest BCUT2D eigenvalue weighted by Gasteiger charge is -2.22. The molecule has 2 aromatic rings. The van der Waals surface area contributed by atoms with Crippen LogP contribution in [0.4, 0.5) is 5.69 Å². The minimum Gasteiger partial charge on any atom is -0.379 e. The molecular weight excluding hydrogens is 342 g/mol. The molecule has 0 bridgehead atoms. The van der Waals surface area contributed by atoms with Crippen LogP contribution in [0.3, 0.4) is 0 Å². The molecule has 0 saturated heterocycles. The first kappa shape index (κ1) is 17.4. The summed E-state index contributed by atoms with van der Waals surface area (Å²) in [6.07, 6.45) is 6.00. The summed E-state index contributed by atoms with van der Waals surface area (Å²) in [5, 5.41) is 11.0. The molecule has 0 amide bonds. The van der Waals surface area contributed by atoms with Crippen LogP contribution >= 0.6 is 0 Å². The minimum atomic E-state index is -4.27. The number of hydrogen-bond acceptors (Lipinski definition) is 5. The molecule has 0 spiro atoms. The Bertz CT molecular complexity index is 855. The standard InChI is InChI=1S/C18H19NO5S/c20-19(21)17-8-4-5-9-18(17)25(22,23)24-16-12-10-15(11-13-16)14-6-2-1-3-7-14/h4-5,8-14H,1-3,6-7H2. The maximum Gasteiger partial charge on any atom is 0.346 e. The number of para-hydroxylation sites is 1. The molecule has 0 unspecified atom stereocenters.